The minimum Gasteiger partial charge on any atom is -0.358 e. The van der Waals surface area contributed by atoms with Crippen LogP contribution in [0.4, 0.5) is 11.6 Å². The van der Waals surface area contributed by atoms with E-state index in [2.05, 4.69) is 16.4 Å². The molecular weight excluding hydrogens is 288 g/mol. The molecule has 6 nitrogen and oxygen atoms in total. The molecule has 21 heavy (non-hydrogen) atoms. The molecule has 0 bridgehead atoms. The van der Waals surface area contributed by atoms with E-state index in [9.17, 15) is 10.1 Å². The third-order valence-electron chi connectivity index (χ3n) is 3.77. The summed E-state index contributed by atoms with van der Waals surface area (Å²) in [5.74, 6) is 0.507. The second-order valence-electron chi connectivity index (χ2n) is 4.99. The fraction of sp³-hybridized carbons (Fsp3) is 0.214. The Morgan fingerprint density at radius 3 is 3.10 bits per heavy atom. The van der Waals surface area contributed by atoms with Gasteiger partial charge >= 0.3 is 5.82 Å². The second kappa shape index (κ2) is 4.56. The number of thiophene rings is 1. The van der Waals surface area contributed by atoms with Crippen LogP contribution < -0.4 is 4.90 Å². The zero-order valence-corrected chi connectivity index (χ0v) is 11.9. The van der Waals surface area contributed by atoms with Gasteiger partial charge in [-0.25, -0.2) is 0 Å². The maximum Gasteiger partial charge on any atom is 0.372 e. The van der Waals surface area contributed by atoms with Crippen molar-refractivity contribution in [2.45, 2.75) is 13.0 Å². The molecule has 0 saturated carbocycles. The number of nitrogens with zero attached hydrogens (tertiary/aromatic N) is 4. The lowest BCUT2D eigenvalue weighted by Crippen LogP contribution is -2.30. The van der Waals surface area contributed by atoms with Crippen molar-refractivity contribution in [1.29, 1.82) is 0 Å². The Bertz CT molecular complexity index is 838. The number of imidazole rings is 1. The standard InChI is InChI=1S/C14H12N4O2S/c19-18(20)14-13(15-12-3-1-2-6-17(12)14)16-7-4-11-10(9-16)5-8-21-11/h1-3,5-6,8H,4,7,9H2. The Hall–Kier alpha value is -2.41. The Balaban J connectivity index is 1.84. The Morgan fingerprint density at radius 2 is 2.24 bits per heavy atom. The molecule has 4 rings (SSSR count). The van der Waals surface area contributed by atoms with Crippen molar-refractivity contribution in [3.05, 3.63) is 56.4 Å². The number of hydrogen-bond acceptors (Lipinski definition) is 5. The van der Waals surface area contributed by atoms with Gasteiger partial charge < -0.3 is 15.0 Å². The summed E-state index contributed by atoms with van der Waals surface area (Å²) in [4.78, 5) is 18.9. The van der Waals surface area contributed by atoms with Gasteiger partial charge in [-0.1, -0.05) is 6.07 Å². The first-order valence-electron chi connectivity index (χ1n) is 6.66. The van der Waals surface area contributed by atoms with Crippen molar-refractivity contribution in [3.8, 4) is 0 Å². The normalized spacial score (nSPS) is 14.4. The molecule has 0 radical (unpaired) electrons. The minimum absolute atomic E-state index is 0.0456. The first-order valence-corrected chi connectivity index (χ1v) is 7.53. The second-order valence-corrected chi connectivity index (χ2v) is 5.99. The van der Waals surface area contributed by atoms with Crippen LogP contribution in [0.15, 0.2) is 35.8 Å². The van der Waals surface area contributed by atoms with Gasteiger partial charge in [0.2, 0.25) is 11.5 Å². The van der Waals surface area contributed by atoms with Crippen molar-refractivity contribution < 1.29 is 4.92 Å². The first-order chi connectivity index (χ1) is 10.2. The summed E-state index contributed by atoms with van der Waals surface area (Å²) in [6.45, 7) is 1.45. The van der Waals surface area contributed by atoms with E-state index in [1.165, 1.54) is 10.4 Å². The van der Waals surface area contributed by atoms with Gasteiger partial charge in [0.15, 0.2) is 0 Å². The van der Waals surface area contributed by atoms with Gasteiger partial charge in [-0.15, -0.1) is 11.3 Å². The highest BCUT2D eigenvalue weighted by Gasteiger charge is 2.29. The van der Waals surface area contributed by atoms with Gasteiger partial charge in [0.05, 0.1) is 6.20 Å². The van der Waals surface area contributed by atoms with Crippen molar-refractivity contribution >= 4 is 28.6 Å². The zero-order valence-electron chi connectivity index (χ0n) is 11.1. The minimum atomic E-state index is -0.349. The molecule has 1 aliphatic rings. The molecule has 0 saturated heterocycles. The van der Waals surface area contributed by atoms with E-state index in [0.717, 1.165) is 13.0 Å². The number of nitro groups is 1. The van der Waals surface area contributed by atoms with E-state index in [-0.39, 0.29) is 10.7 Å². The van der Waals surface area contributed by atoms with Gasteiger partial charge in [-0.2, -0.15) is 9.38 Å². The molecule has 3 aromatic heterocycles. The van der Waals surface area contributed by atoms with E-state index in [1.54, 1.807) is 34.1 Å². The predicted molar refractivity (Wildman–Crippen MR) is 80.9 cm³/mol. The predicted octanol–water partition coefficient (Wildman–Crippen LogP) is 2.87. The van der Waals surface area contributed by atoms with Crippen LogP contribution in [0, 0.1) is 10.1 Å². The Kier molecular flexibility index (Phi) is 2.68. The van der Waals surface area contributed by atoms with E-state index in [4.69, 9.17) is 0 Å². The summed E-state index contributed by atoms with van der Waals surface area (Å²) in [5.41, 5.74) is 1.85. The summed E-state index contributed by atoms with van der Waals surface area (Å²) in [5, 5.41) is 13.5. The van der Waals surface area contributed by atoms with Crippen molar-refractivity contribution in [1.82, 2.24) is 9.38 Å². The van der Waals surface area contributed by atoms with Crippen LogP contribution >= 0.6 is 11.3 Å². The van der Waals surface area contributed by atoms with Gasteiger partial charge in [-0.05, 0) is 34.4 Å². The molecule has 0 fully saturated rings. The van der Waals surface area contributed by atoms with Crippen LogP contribution in [0.3, 0.4) is 0 Å². The van der Waals surface area contributed by atoms with E-state index in [0.29, 0.717) is 18.0 Å². The SMILES string of the molecule is O=[N+]([O-])c1c(N2CCc3sccc3C2)nc2ccccn12. The third-order valence-corrected chi connectivity index (χ3v) is 4.79. The fourth-order valence-electron chi connectivity index (χ4n) is 2.78. The quantitative estimate of drug-likeness (QED) is 0.539. The molecule has 1 aliphatic heterocycles. The molecule has 0 amide bonds. The van der Waals surface area contributed by atoms with Crippen LogP contribution in [0.25, 0.3) is 5.65 Å². The van der Waals surface area contributed by atoms with Crippen LogP contribution in [0.2, 0.25) is 0 Å². The number of pyridine rings is 1. The van der Waals surface area contributed by atoms with Crippen LogP contribution in [0.1, 0.15) is 10.4 Å². The Morgan fingerprint density at radius 1 is 1.33 bits per heavy atom. The first kappa shape index (κ1) is 12.3. The van der Waals surface area contributed by atoms with Gasteiger partial charge in [-0.3, -0.25) is 0 Å². The van der Waals surface area contributed by atoms with Gasteiger partial charge in [0, 0.05) is 24.0 Å². The van der Waals surface area contributed by atoms with Gasteiger partial charge in [0.25, 0.3) is 0 Å². The highest BCUT2D eigenvalue weighted by atomic mass is 32.1. The van der Waals surface area contributed by atoms with Crippen LogP contribution in [-0.4, -0.2) is 20.9 Å². The maximum absolute atomic E-state index is 11.5. The molecule has 0 unspecified atom stereocenters. The monoisotopic (exact) mass is 300 g/mol. The highest BCUT2D eigenvalue weighted by molar-refractivity contribution is 7.10. The number of rotatable bonds is 2. The molecule has 0 aliphatic carbocycles. The van der Waals surface area contributed by atoms with E-state index in [1.807, 2.05) is 11.0 Å². The largest absolute Gasteiger partial charge is 0.372 e. The fourth-order valence-corrected chi connectivity index (χ4v) is 3.67. The molecule has 4 heterocycles. The summed E-state index contributed by atoms with van der Waals surface area (Å²) >= 11 is 1.75. The number of hydrogen-bond donors (Lipinski definition) is 0. The van der Waals surface area contributed by atoms with Crippen molar-refractivity contribution in [2.24, 2.45) is 0 Å². The summed E-state index contributed by atoms with van der Waals surface area (Å²) in [7, 11) is 0. The lowest BCUT2D eigenvalue weighted by atomic mass is 10.1. The molecule has 0 N–H and O–H groups in total. The number of anilines is 1. The van der Waals surface area contributed by atoms with Gasteiger partial charge in [0.1, 0.15) is 0 Å². The molecule has 106 valence electrons. The van der Waals surface area contributed by atoms with E-state index < -0.39 is 0 Å². The smallest absolute Gasteiger partial charge is 0.358 e. The zero-order chi connectivity index (χ0) is 14.4. The number of aromatic nitrogens is 2. The summed E-state index contributed by atoms with van der Waals surface area (Å²) in [6, 6.07) is 7.49. The molecule has 7 heteroatoms. The average molecular weight is 300 g/mol. The topological polar surface area (TPSA) is 63.7 Å². The molecule has 3 aromatic rings. The lowest BCUT2D eigenvalue weighted by molar-refractivity contribution is -0.389. The van der Waals surface area contributed by atoms with Crippen molar-refractivity contribution in [2.75, 3.05) is 11.4 Å². The van der Waals surface area contributed by atoms with Crippen LogP contribution in [-0.2, 0) is 13.0 Å². The highest BCUT2D eigenvalue weighted by Crippen LogP contribution is 2.33. The third kappa shape index (κ3) is 1.89. The van der Waals surface area contributed by atoms with Crippen LogP contribution in [0.5, 0.6) is 0 Å². The lowest BCUT2D eigenvalue weighted by Gasteiger charge is -2.26. The Labute approximate surface area is 124 Å². The van der Waals surface area contributed by atoms with Crippen molar-refractivity contribution in [3.63, 3.8) is 0 Å². The molecule has 0 spiro atoms. The molecular formula is C14H12N4O2S. The number of fused-ring (bicyclic) bond motifs is 2. The maximum atomic E-state index is 11.5. The molecule has 0 atom stereocenters. The average Bonchev–Trinajstić information content (AvgIpc) is 3.10. The van der Waals surface area contributed by atoms with E-state index >= 15 is 0 Å². The summed E-state index contributed by atoms with van der Waals surface area (Å²) in [6.07, 6.45) is 2.60. The summed E-state index contributed by atoms with van der Waals surface area (Å²) < 4.78 is 1.54. The molecule has 0 aromatic carbocycles.